The number of nitrogens with one attached hydrogen (secondary N) is 1. The molecule has 0 radical (unpaired) electrons. The largest absolute Gasteiger partial charge is 0.417 e. The first kappa shape index (κ1) is 24.3. The summed E-state index contributed by atoms with van der Waals surface area (Å²) in [6.07, 6.45) is -4.83. The molecule has 0 aliphatic heterocycles. The van der Waals surface area contributed by atoms with Crippen LogP contribution in [0.3, 0.4) is 0 Å². The van der Waals surface area contributed by atoms with Gasteiger partial charge < -0.3 is 5.32 Å². The molecule has 31 heavy (non-hydrogen) atoms. The molecule has 0 spiro atoms. The Kier molecular flexibility index (Phi) is 6.81. The summed E-state index contributed by atoms with van der Waals surface area (Å²) in [4.78, 5) is 13.1. The number of halogens is 4. The third-order valence-corrected chi connectivity index (χ3v) is 7.31. The molecule has 1 unspecified atom stereocenters. The Hall–Kier alpha value is -2.93. The maximum Gasteiger partial charge on any atom is 0.417 e. The van der Waals surface area contributed by atoms with E-state index in [1.807, 2.05) is 0 Å². The molecular formula is C21H20F4N2O3S. The third kappa shape index (κ3) is 5.41. The van der Waals surface area contributed by atoms with Gasteiger partial charge in [0.05, 0.1) is 33.6 Å². The summed E-state index contributed by atoms with van der Waals surface area (Å²) in [6.45, 7) is 4.20. The smallest absolute Gasteiger partial charge is 0.325 e. The van der Waals surface area contributed by atoms with E-state index in [1.165, 1.54) is 39.0 Å². The van der Waals surface area contributed by atoms with Crippen LogP contribution in [0.15, 0.2) is 42.5 Å². The number of amides is 1. The Balaban J connectivity index is 2.52. The van der Waals surface area contributed by atoms with Crippen molar-refractivity contribution < 1.29 is 30.8 Å². The maximum atomic E-state index is 13.4. The fraction of sp³-hybridized carbons (Fsp3) is 0.333. The number of benzene rings is 2. The summed E-state index contributed by atoms with van der Waals surface area (Å²) in [7, 11) is -3.77. The van der Waals surface area contributed by atoms with E-state index in [2.05, 4.69) is 5.32 Å². The van der Waals surface area contributed by atoms with Gasteiger partial charge in [-0.25, -0.2) is 12.8 Å². The van der Waals surface area contributed by atoms with E-state index in [0.717, 1.165) is 24.3 Å². The van der Waals surface area contributed by atoms with Crippen molar-refractivity contribution in [3.8, 4) is 6.07 Å². The molecule has 5 nitrogen and oxygen atoms in total. The van der Waals surface area contributed by atoms with Gasteiger partial charge in [-0.05, 0) is 56.7 Å². The summed E-state index contributed by atoms with van der Waals surface area (Å²) in [5.41, 5.74) is -3.64. The van der Waals surface area contributed by atoms with E-state index in [-0.39, 0.29) is 11.3 Å². The number of hydrogen-bond acceptors (Lipinski definition) is 4. The predicted molar refractivity (Wildman–Crippen MR) is 107 cm³/mol. The molecule has 1 amide bonds. The van der Waals surface area contributed by atoms with Crippen molar-refractivity contribution in [2.24, 2.45) is 0 Å². The van der Waals surface area contributed by atoms with Gasteiger partial charge in [-0.2, -0.15) is 18.4 Å². The van der Waals surface area contributed by atoms with Gasteiger partial charge in [-0.15, -0.1) is 0 Å². The summed E-state index contributed by atoms with van der Waals surface area (Å²) in [5, 5.41) is 10.4. The predicted octanol–water partition coefficient (Wildman–Crippen LogP) is 4.44. The zero-order valence-corrected chi connectivity index (χ0v) is 17.7. The van der Waals surface area contributed by atoms with Crippen LogP contribution in [-0.4, -0.2) is 25.3 Å². The number of carbonyl (C=O) groups is 1. The second-order valence-corrected chi connectivity index (χ2v) is 10.1. The van der Waals surface area contributed by atoms with Crippen LogP contribution in [0.4, 0.5) is 23.2 Å². The van der Waals surface area contributed by atoms with Crippen molar-refractivity contribution in [1.29, 1.82) is 5.26 Å². The van der Waals surface area contributed by atoms with E-state index in [9.17, 15) is 30.8 Å². The number of rotatable bonds is 6. The van der Waals surface area contributed by atoms with E-state index < -0.39 is 55.3 Å². The Morgan fingerprint density at radius 1 is 1.13 bits per heavy atom. The fourth-order valence-corrected chi connectivity index (χ4v) is 4.33. The van der Waals surface area contributed by atoms with E-state index in [0.29, 0.717) is 6.07 Å². The first-order valence-electron chi connectivity index (χ1n) is 9.11. The highest BCUT2D eigenvalue weighted by Gasteiger charge is 2.41. The molecule has 0 saturated heterocycles. The Bertz CT molecular complexity index is 1120. The minimum absolute atomic E-state index is 0.181. The Morgan fingerprint density at radius 2 is 1.71 bits per heavy atom. The molecule has 1 N–H and O–H groups in total. The monoisotopic (exact) mass is 456 g/mol. The van der Waals surface area contributed by atoms with Crippen LogP contribution in [0.1, 0.15) is 37.5 Å². The van der Waals surface area contributed by atoms with Gasteiger partial charge in [0, 0.05) is 5.69 Å². The normalized spacial score (nSPS) is 14.0. The zero-order valence-electron chi connectivity index (χ0n) is 16.9. The molecule has 2 rings (SSSR count). The van der Waals surface area contributed by atoms with Crippen molar-refractivity contribution in [3.63, 3.8) is 0 Å². The number of nitriles is 1. The lowest BCUT2D eigenvalue weighted by Crippen LogP contribution is -2.45. The second kappa shape index (κ2) is 8.67. The van der Waals surface area contributed by atoms with Gasteiger partial charge in [0.25, 0.3) is 0 Å². The molecule has 0 aromatic heterocycles. The second-order valence-electron chi connectivity index (χ2n) is 7.52. The number of alkyl halides is 3. The molecule has 2 aromatic rings. The van der Waals surface area contributed by atoms with Gasteiger partial charge >= 0.3 is 6.18 Å². The lowest BCUT2D eigenvalue weighted by molar-refractivity contribution is -0.137. The molecule has 166 valence electrons. The average Bonchev–Trinajstić information content (AvgIpc) is 2.67. The van der Waals surface area contributed by atoms with Crippen LogP contribution in [0, 0.1) is 17.1 Å². The quantitative estimate of drug-likeness (QED) is 0.652. The standard InChI is InChI=1S/C21H20F4N2O3S/c1-13(2)31(29,30)12-20(3,15-5-7-16(22)8-6-15)19(28)27-17-9-4-14(11-26)18(10-17)21(23,24)25/h4-10,13H,12H2,1-3H3,(H,27,28). The Morgan fingerprint density at radius 3 is 2.19 bits per heavy atom. The number of nitrogens with zero attached hydrogens (tertiary/aromatic N) is 1. The molecule has 10 heteroatoms. The molecule has 0 aliphatic carbocycles. The van der Waals surface area contributed by atoms with E-state index >= 15 is 0 Å². The number of hydrogen-bond donors (Lipinski definition) is 1. The zero-order chi connectivity index (χ0) is 23.6. The average molecular weight is 456 g/mol. The van der Waals surface area contributed by atoms with E-state index in [4.69, 9.17) is 5.26 Å². The van der Waals surface area contributed by atoms with Crippen molar-refractivity contribution in [3.05, 3.63) is 65.0 Å². The van der Waals surface area contributed by atoms with Gasteiger partial charge in [-0.1, -0.05) is 12.1 Å². The summed E-state index contributed by atoms with van der Waals surface area (Å²) >= 11 is 0. The van der Waals surface area contributed by atoms with Gasteiger partial charge in [-0.3, -0.25) is 4.79 Å². The number of sulfone groups is 1. The van der Waals surface area contributed by atoms with Gasteiger partial charge in [0.1, 0.15) is 5.82 Å². The van der Waals surface area contributed by atoms with Crippen molar-refractivity contribution >= 4 is 21.4 Å². The fourth-order valence-electron chi connectivity index (χ4n) is 2.89. The van der Waals surface area contributed by atoms with Crippen LogP contribution >= 0.6 is 0 Å². The van der Waals surface area contributed by atoms with E-state index in [1.54, 1.807) is 0 Å². The minimum atomic E-state index is -4.83. The number of carbonyl (C=O) groups excluding carboxylic acids is 1. The summed E-state index contributed by atoms with van der Waals surface area (Å²) < 4.78 is 78.2. The summed E-state index contributed by atoms with van der Waals surface area (Å²) in [5.74, 6) is -2.13. The highest BCUT2D eigenvalue weighted by Crippen LogP contribution is 2.35. The molecule has 0 bridgehead atoms. The van der Waals surface area contributed by atoms with Crippen molar-refractivity contribution in [1.82, 2.24) is 0 Å². The minimum Gasteiger partial charge on any atom is -0.325 e. The van der Waals surface area contributed by atoms with Gasteiger partial charge in [0.15, 0.2) is 9.84 Å². The molecule has 2 aromatic carbocycles. The van der Waals surface area contributed by atoms with Crippen LogP contribution in [0.5, 0.6) is 0 Å². The maximum absolute atomic E-state index is 13.4. The molecule has 0 aliphatic rings. The first-order chi connectivity index (χ1) is 14.2. The van der Waals surface area contributed by atoms with Crippen LogP contribution < -0.4 is 5.32 Å². The Labute approximate surface area is 177 Å². The van der Waals surface area contributed by atoms with Crippen LogP contribution in [-0.2, 0) is 26.2 Å². The van der Waals surface area contributed by atoms with Crippen LogP contribution in [0.25, 0.3) is 0 Å². The molecular weight excluding hydrogens is 436 g/mol. The third-order valence-electron chi connectivity index (χ3n) is 4.89. The molecule has 1 atom stereocenters. The lowest BCUT2D eigenvalue weighted by Gasteiger charge is -2.29. The topological polar surface area (TPSA) is 87.0 Å². The van der Waals surface area contributed by atoms with Gasteiger partial charge in [0.2, 0.25) is 5.91 Å². The lowest BCUT2D eigenvalue weighted by atomic mass is 9.83. The highest BCUT2D eigenvalue weighted by molar-refractivity contribution is 7.92. The molecule has 0 fully saturated rings. The number of anilines is 1. The summed E-state index contributed by atoms with van der Waals surface area (Å²) in [6, 6.07) is 8.72. The highest BCUT2D eigenvalue weighted by atomic mass is 32.2. The molecule has 0 heterocycles. The SMILES string of the molecule is CC(C)S(=O)(=O)CC(C)(C(=O)Nc1ccc(C#N)c(C(F)(F)F)c1)c1ccc(F)cc1. The van der Waals surface area contributed by atoms with Crippen LogP contribution in [0.2, 0.25) is 0 Å². The molecule has 0 saturated carbocycles. The first-order valence-corrected chi connectivity index (χ1v) is 10.8. The van der Waals surface area contributed by atoms with Crippen molar-refractivity contribution in [2.45, 2.75) is 37.6 Å². The van der Waals surface area contributed by atoms with Crippen molar-refractivity contribution in [2.75, 3.05) is 11.1 Å².